The van der Waals surface area contributed by atoms with E-state index in [-0.39, 0.29) is 5.82 Å². The van der Waals surface area contributed by atoms with Crippen LogP contribution in [-0.2, 0) is 6.54 Å². The Balaban J connectivity index is 1.87. The molecular weight excluding hydrogens is 227 g/mol. The highest BCUT2D eigenvalue weighted by atomic mass is 35.5. The highest BCUT2D eigenvalue weighted by Crippen LogP contribution is 2.26. The van der Waals surface area contributed by atoms with Crippen molar-refractivity contribution in [2.75, 3.05) is 5.88 Å². The first kappa shape index (κ1) is 11.8. The normalized spacial score (nSPS) is 24.9. The van der Waals surface area contributed by atoms with Crippen LogP contribution in [0.4, 0.5) is 4.39 Å². The van der Waals surface area contributed by atoms with Gasteiger partial charge in [-0.1, -0.05) is 6.42 Å². The molecule has 1 heterocycles. The molecule has 88 valence electrons. The van der Waals surface area contributed by atoms with Crippen LogP contribution in [-0.4, -0.2) is 16.9 Å². The first-order chi connectivity index (χ1) is 7.79. The Hall–Kier alpha value is -0.670. The number of aromatic nitrogens is 1. The zero-order valence-electron chi connectivity index (χ0n) is 9.13. The van der Waals surface area contributed by atoms with Crippen LogP contribution < -0.4 is 5.32 Å². The molecule has 16 heavy (non-hydrogen) atoms. The molecule has 1 aromatic heterocycles. The van der Waals surface area contributed by atoms with Crippen LogP contribution in [0.3, 0.4) is 0 Å². The largest absolute Gasteiger partial charge is 0.310 e. The van der Waals surface area contributed by atoms with E-state index >= 15 is 0 Å². The maximum absolute atomic E-state index is 12.9. The van der Waals surface area contributed by atoms with Crippen molar-refractivity contribution in [3.05, 3.63) is 29.8 Å². The summed E-state index contributed by atoms with van der Waals surface area (Å²) in [6.07, 6.45) is 6.51. The minimum atomic E-state index is -0.278. The van der Waals surface area contributed by atoms with Gasteiger partial charge in [0.05, 0.1) is 6.20 Å². The van der Waals surface area contributed by atoms with Crippen LogP contribution >= 0.6 is 11.6 Å². The summed E-state index contributed by atoms with van der Waals surface area (Å²) in [6, 6.07) is 1.99. The summed E-state index contributed by atoms with van der Waals surface area (Å²) in [4.78, 5) is 3.83. The van der Waals surface area contributed by atoms with Crippen LogP contribution in [0, 0.1) is 11.7 Å². The maximum atomic E-state index is 12.9. The summed E-state index contributed by atoms with van der Waals surface area (Å²) in [6.45, 7) is 0.669. The quantitative estimate of drug-likeness (QED) is 0.822. The number of nitrogens with one attached hydrogen (secondary N) is 1. The summed E-state index contributed by atoms with van der Waals surface area (Å²) in [5.74, 6) is 0.988. The van der Waals surface area contributed by atoms with Gasteiger partial charge in [0.1, 0.15) is 5.82 Å². The average molecular weight is 243 g/mol. The van der Waals surface area contributed by atoms with Crippen LogP contribution in [0.2, 0.25) is 0 Å². The Kier molecular flexibility index (Phi) is 4.13. The lowest BCUT2D eigenvalue weighted by molar-refractivity contribution is 0.429. The average Bonchev–Trinajstić information content (AvgIpc) is 2.74. The molecule has 0 bridgehead atoms. The molecule has 4 heteroatoms. The molecule has 1 aliphatic rings. The Labute approximate surface area is 100 Å². The lowest BCUT2D eigenvalue weighted by atomic mass is 10.1. The van der Waals surface area contributed by atoms with Crippen LogP contribution in [0.25, 0.3) is 0 Å². The highest BCUT2D eigenvalue weighted by molar-refractivity contribution is 6.18. The van der Waals surface area contributed by atoms with Gasteiger partial charge in [0.15, 0.2) is 0 Å². The van der Waals surface area contributed by atoms with E-state index in [4.69, 9.17) is 11.6 Å². The highest BCUT2D eigenvalue weighted by Gasteiger charge is 2.25. The van der Waals surface area contributed by atoms with Crippen molar-refractivity contribution in [3.63, 3.8) is 0 Å². The Bertz CT molecular complexity index is 346. The third-order valence-electron chi connectivity index (χ3n) is 3.19. The molecule has 0 spiro atoms. The van der Waals surface area contributed by atoms with E-state index in [1.54, 1.807) is 6.20 Å². The van der Waals surface area contributed by atoms with E-state index < -0.39 is 0 Å². The Morgan fingerprint density at radius 2 is 2.31 bits per heavy atom. The monoisotopic (exact) mass is 242 g/mol. The summed E-state index contributed by atoms with van der Waals surface area (Å²) in [5, 5.41) is 3.44. The van der Waals surface area contributed by atoms with Gasteiger partial charge in [0.25, 0.3) is 0 Å². The molecular formula is C12H16ClFN2. The van der Waals surface area contributed by atoms with Gasteiger partial charge in [-0.2, -0.15) is 0 Å². The van der Waals surface area contributed by atoms with Crippen molar-refractivity contribution in [2.45, 2.75) is 31.8 Å². The van der Waals surface area contributed by atoms with Crippen molar-refractivity contribution in [1.82, 2.24) is 10.3 Å². The fraction of sp³-hybridized carbons (Fsp3) is 0.583. The number of nitrogens with zero attached hydrogens (tertiary/aromatic N) is 1. The molecule has 1 fully saturated rings. The van der Waals surface area contributed by atoms with E-state index in [1.165, 1.54) is 31.5 Å². The van der Waals surface area contributed by atoms with Gasteiger partial charge in [-0.05, 0) is 30.4 Å². The standard InChI is InChI=1S/C12H16ClFN2/c13-5-10-2-1-3-12(10)16-7-9-4-11(14)8-15-6-9/h4,6,8,10,12,16H,1-3,5,7H2. The van der Waals surface area contributed by atoms with Crippen molar-refractivity contribution in [2.24, 2.45) is 5.92 Å². The molecule has 0 saturated heterocycles. The minimum Gasteiger partial charge on any atom is -0.310 e. The fourth-order valence-electron chi connectivity index (χ4n) is 2.29. The van der Waals surface area contributed by atoms with Gasteiger partial charge in [0.2, 0.25) is 0 Å². The number of pyridine rings is 1. The predicted molar refractivity (Wildman–Crippen MR) is 62.9 cm³/mol. The van der Waals surface area contributed by atoms with Gasteiger partial charge in [-0.15, -0.1) is 11.6 Å². The summed E-state index contributed by atoms with van der Waals surface area (Å²) < 4.78 is 12.9. The molecule has 1 N–H and O–H groups in total. The van der Waals surface area contributed by atoms with Gasteiger partial charge in [-0.3, -0.25) is 4.98 Å². The van der Waals surface area contributed by atoms with E-state index in [9.17, 15) is 4.39 Å². The third kappa shape index (κ3) is 2.92. The molecule has 2 unspecified atom stereocenters. The second-order valence-corrected chi connectivity index (χ2v) is 4.65. The molecule has 2 nitrogen and oxygen atoms in total. The van der Waals surface area contributed by atoms with Gasteiger partial charge >= 0.3 is 0 Å². The molecule has 2 rings (SSSR count). The molecule has 1 aromatic rings. The van der Waals surface area contributed by atoms with E-state index in [2.05, 4.69) is 10.3 Å². The van der Waals surface area contributed by atoms with E-state index in [1.807, 2.05) is 0 Å². The fourth-order valence-corrected chi connectivity index (χ4v) is 2.66. The molecule has 0 aliphatic heterocycles. The van der Waals surface area contributed by atoms with Crippen molar-refractivity contribution < 1.29 is 4.39 Å². The third-order valence-corrected chi connectivity index (χ3v) is 3.58. The SMILES string of the molecule is Fc1cncc(CNC2CCCC2CCl)c1. The second kappa shape index (κ2) is 5.60. The van der Waals surface area contributed by atoms with Crippen LogP contribution in [0.1, 0.15) is 24.8 Å². The number of halogens is 2. The van der Waals surface area contributed by atoms with E-state index in [0.717, 1.165) is 5.56 Å². The van der Waals surface area contributed by atoms with Crippen molar-refractivity contribution in [3.8, 4) is 0 Å². The lowest BCUT2D eigenvalue weighted by Gasteiger charge is -2.18. The molecule has 1 saturated carbocycles. The number of rotatable bonds is 4. The number of hydrogen-bond acceptors (Lipinski definition) is 2. The Morgan fingerprint density at radius 1 is 1.44 bits per heavy atom. The molecule has 2 atom stereocenters. The van der Waals surface area contributed by atoms with Crippen LogP contribution in [0.15, 0.2) is 18.5 Å². The van der Waals surface area contributed by atoms with Gasteiger partial charge in [-0.25, -0.2) is 4.39 Å². The summed E-state index contributed by atoms with van der Waals surface area (Å²) in [5.41, 5.74) is 0.889. The van der Waals surface area contributed by atoms with E-state index in [0.29, 0.717) is 24.4 Å². The van der Waals surface area contributed by atoms with Crippen molar-refractivity contribution in [1.29, 1.82) is 0 Å². The van der Waals surface area contributed by atoms with Gasteiger partial charge < -0.3 is 5.32 Å². The smallest absolute Gasteiger partial charge is 0.141 e. The van der Waals surface area contributed by atoms with Crippen molar-refractivity contribution >= 4 is 11.6 Å². The maximum Gasteiger partial charge on any atom is 0.141 e. The molecule has 1 aliphatic carbocycles. The molecule has 0 amide bonds. The lowest BCUT2D eigenvalue weighted by Crippen LogP contribution is -2.32. The zero-order chi connectivity index (χ0) is 11.4. The van der Waals surface area contributed by atoms with Gasteiger partial charge in [0, 0.05) is 24.7 Å². The molecule has 0 aromatic carbocycles. The number of hydrogen-bond donors (Lipinski definition) is 1. The number of alkyl halides is 1. The predicted octanol–water partition coefficient (Wildman–Crippen LogP) is 2.72. The minimum absolute atomic E-state index is 0.278. The molecule has 0 radical (unpaired) electrons. The summed E-state index contributed by atoms with van der Waals surface area (Å²) >= 11 is 5.90. The second-order valence-electron chi connectivity index (χ2n) is 4.34. The summed E-state index contributed by atoms with van der Waals surface area (Å²) in [7, 11) is 0. The first-order valence-corrected chi connectivity index (χ1v) is 6.22. The Morgan fingerprint density at radius 3 is 3.06 bits per heavy atom. The first-order valence-electron chi connectivity index (χ1n) is 5.68. The van der Waals surface area contributed by atoms with Crippen LogP contribution in [0.5, 0.6) is 0 Å². The topological polar surface area (TPSA) is 24.9 Å². The zero-order valence-corrected chi connectivity index (χ0v) is 9.88.